The molecule has 0 bridgehead atoms. The molecule has 0 radical (unpaired) electrons. The Kier molecular flexibility index (Phi) is 3.30. The predicted octanol–water partition coefficient (Wildman–Crippen LogP) is 2.81. The van der Waals surface area contributed by atoms with Crippen LogP contribution in [0.2, 0.25) is 5.82 Å². The Morgan fingerprint density at radius 2 is 1.63 bits per heavy atom. The van der Waals surface area contributed by atoms with Crippen molar-refractivity contribution in [3.63, 3.8) is 0 Å². The molecular weight excluding hydrogens is 243 g/mol. The van der Waals surface area contributed by atoms with E-state index in [0.29, 0.717) is 0 Å². The minimum atomic E-state index is -0.430. The van der Waals surface area contributed by atoms with Crippen molar-refractivity contribution in [3.8, 4) is 0 Å². The van der Waals surface area contributed by atoms with Crippen molar-refractivity contribution in [2.24, 2.45) is 5.92 Å². The molecule has 0 aromatic carbocycles. The van der Waals surface area contributed by atoms with Crippen LogP contribution in [0.3, 0.4) is 0 Å². The van der Waals surface area contributed by atoms with Gasteiger partial charge in [0, 0.05) is 5.82 Å². The zero-order valence-electron chi connectivity index (χ0n) is 13.1. The van der Waals surface area contributed by atoms with Gasteiger partial charge >= 0.3 is 13.1 Å². The molecule has 108 valence electrons. The number of ether oxygens (including phenoxy) is 1. The molecular formula is C14H25BO4. The first-order chi connectivity index (χ1) is 8.43. The molecule has 1 aliphatic heterocycles. The van der Waals surface area contributed by atoms with Gasteiger partial charge in [0.05, 0.1) is 17.1 Å². The fourth-order valence-electron chi connectivity index (χ4n) is 2.23. The summed E-state index contributed by atoms with van der Waals surface area (Å²) in [5, 5.41) is 0. The second-order valence-corrected chi connectivity index (χ2v) is 7.66. The first-order valence-electron chi connectivity index (χ1n) is 7.01. The van der Waals surface area contributed by atoms with Crippen LogP contribution in [0.15, 0.2) is 0 Å². The molecule has 0 amide bonds. The van der Waals surface area contributed by atoms with Gasteiger partial charge in [-0.3, -0.25) is 4.79 Å². The van der Waals surface area contributed by atoms with E-state index in [4.69, 9.17) is 14.0 Å². The summed E-state index contributed by atoms with van der Waals surface area (Å²) in [6.07, 6.45) is 0.797. The zero-order chi connectivity index (χ0) is 14.6. The fourth-order valence-corrected chi connectivity index (χ4v) is 2.23. The lowest BCUT2D eigenvalue weighted by Crippen LogP contribution is -2.41. The first kappa shape index (κ1) is 14.9. The maximum absolute atomic E-state index is 12.0. The summed E-state index contributed by atoms with van der Waals surface area (Å²) in [5.41, 5.74) is -1.10. The summed E-state index contributed by atoms with van der Waals surface area (Å²) in [6, 6.07) is 0. The summed E-state index contributed by atoms with van der Waals surface area (Å²) < 4.78 is 17.3. The van der Waals surface area contributed by atoms with Gasteiger partial charge in [0.15, 0.2) is 0 Å². The summed E-state index contributed by atoms with van der Waals surface area (Å²) in [5.74, 6) is -0.0722. The largest absolute Gasteiger partial charge is 0.462 e. The molecule has 4 nitrogen and oxygen atoms in total. The van der Waals surface area contributed by atoms with Gasteiger partial charge < -0.3 is 14.0 Å². The average molecular weight is 268 g/mol. The molecule has 0 aromatic heterocycles. The van der Waals surface area contributed by atoms with Crippen LogP contribution < -0.4 is 0 Å². The van der Waals surface area contributed by atoms with Crippen LogP contribution in [-0.4, -0.2) is 29.9 Å². The normalized spacial score (nSPS) is 32.3. The SMILES string of the molecule is CC(C)(C)OC(=O)C1CC1B1OC(C)(C)C(C)(C)O1. The summed E-state index contributed by atoms with van der Waals surface area (Å²) in [4.78, 5) is 12.0. The van der Waals surface area contributed by atoms with Crippen molar-refractivity contribution in [1.29, 1.82) is 0 Å². The number of carbonyl (C=O) groups excluding carboxylic acids is 1. The second-order valence-electron chi connectivity index (χ2n) is 7.66. The van der Waals surface area contributed by atoms with Gasteiger partial charge in [-0.05, 0) is 54.9 Å². The molecule has 0 spiro atoms. The van der Waals surface area contributed by atoms with Crippen LogP contribution in [0.4, 0.5) is 0 Å². The highest BCUT2D eigenvalue weighted by Crippen LogP contribution is 2.53. The van der Waals surface area contributed by atoms with E-state index in [1.54, 1.807) is 0 Å². The van der Waals surface area contributed by atoms with Gasteiger partial charge in [-0.2, -0.15) is 0 Å². The molecule has 2 rings (SSSR count). The number of carbonyl (C=O) groups is 1. The lowest BCUT2D eigenvalue weighted by atomic mass is 9.80. The molecule has 1 heterocycles. The van der Waals surface area contributed by atoms with Crippen molar-refractivity contribution in [3.05, 3.63) is 0 Å². The molecule has 1 saturated carbocycles. The van der Waals surface area contributed by atoms with E-state index < -0.39 is 5.60 Å². The summed E-state index contributed by atoms with van der Waals surface area (Å²) in [7, 11) is -0.289. The molecule has 2 fully saturated rings. The van der Waals surface area contributed by atoms with Gasteiger partial charge in [-0.1, -0.05) is 0 Å². The van der Waals surface area contributed by atoms with Crippen molar-refractivity contribution in [2.45, 2.75) is 77.5 Å². The number of hydrogen-bond donors (Lipinski definition) is 0. The summed E-state index contributed by atoms with van der Waals surface area (Å²) in [6.45, 7) is 13.8. The Morgan fingerprint density at radius 1 is 1.16 bits per heavy atom. The van der Waals surface area contributed by atoms with E-state index in [9.17, 15) is 4.79 Å². The quantitative estimate of drug-likeness (QED) is 0.570. The van der Waals surface area contributed by atoms with E-state index in [1.165, 1.54) is 0 Å². The van der Waals surface area contributed by atoms with Crippen molar-refractivity contribution >= 4 is 13.1 Å². The minimum absolute atomic E-state index is 0.0751. The molecule has 2 atom stereocenters. The Labute approximate surface area is 116 Å². The van der Waals surface area contributed by atoms with E-state index in [-0.39, 0.29) is 36.0 Å². The predicted molar refractivity (Wildman–Crippen MR) is 73.8 cm³/mol. The highest BCUT2D eigenvalue weighted by Gasteiger charge is 2.62. The molecule has 5 heteroatoms. The van der Waals surface area contributed by atoms with Gasteiger partial charge in [0.2, 0.25) is 0 Å². The third-order valence-electron chi connectivity index (χ3n) is 4.17. The number of rotatable bonds is 2. The van der Waals surface area contributed by atoms with Gasteiger partial charge in [-0.15, -0.1) is 0 Å². The number of esters is 1. The Balaban J connectivity index is 1.93. The maximum atomic E-state index is 12.0. The maximum Gasteiger partial charge on any atom is 0.462 e. The lowest BCUT2D eigenvalue weighted by molar-refractivity contribution is -0.156. The third-order valence-corrected chi connectivity index (χ3v) is 4.17. The van der Waals surface area contributed by atoms with Crippen LogP contribution in [0.25, 0.3) is 0 Å². The molecule has 0 N–H and O–H groups in total. The monoisotopic (exact) mass is 268 g/mol. The summed E-state index contributed by atoms with van der Waals surface area (Å²) >= 11 is 0. The Morgan fingerprint density at radius 3 is 2.05 bits per heavy atom. The smallest absolute Gasteiger partial charge is 0.460 e. The van der Waals surface area contributed by atoms with Crippen molar-refractivity contribution in [1.82, 2.24) is 0 Å². The lowest BCUT2D eigenvalue weighted by Gasteiger charge is -2.32. The fraction of sp³-hybridized carbons (Fsp3) is 0.929. The van der Waals surface area contributed by atoms with Crippen molar-refractivity contribution < 1.29 is 18.8 Å². The van der Waals surface area contributed by atoms with E-state index in [1.807, 2.05) is 48.5 Å². The third kappa shape index (κ3) is 2.97. The van der Waals surface area contributed by atoms with Gasteiger partial charge in [-0.25, -0.2) is 0 Å². The molecule has 0 aromatic rings. The molecule has 19 heavy (non-hydrogen) atoms. The average Bonchev–Trinajstić information content (AvgIpc) is 2.87. The van der Waals surface area contributed by atoms with Gasteiger partial charge in [0.25, 0.3) is 0 Å². The van der Waals surface area contributed by atoms with Gasteiger partial charge in [0.1, 0.15) is 5.60 Å². The first-order valence-corrected chi connectivity index (χ1v) is 7.01. The van der Waals surface area contributed by atoms with Crippen LogP contribution in [0.5, 0.6) is 0 Å². The van der Waals surface area contributed by atoms with E-state index >= 15 is 0 Å². The van der Waals surface area contributed by atoms with Crippen molar-refractivity contribution in [2.75, 3.05) is 0 Å². The standard InChI is InChI=1S/C14H25BO4/c1-12(2,3)17-11(16)9-8-10(9)15-18-13(4,5)14(6,7)19-15/h9-10H,8H2,1-7H3. The minimum Gasteiger partial charge on any atom is -0.460 e. The number of hydrogen-bond acceptors (Lipinski definition) is 4. The van der Waals surface area contributed by atoms with Crippen LogP contribution in [0.1, 0.15) is 54.9 Å². The zero-order valence-corrected chi connectivity index (χ0v) is 13.1. The molecule has 2 unspecified atom stereocenters. The highest BCUT2D eigenvalue weighted by atomic mass is 16.7. The van der Waals surface area contributed by atoms with E-state index in [2.05, 4.69) is 0 Å². The van der Waals surface area contributed by atoms with E-state index in [0.717, 1.165) is 6.42 Å². The highest BCUT2D eigenvalue weighted by molar-refractivity contribution is 6.49. The molecule has 1 saturated heterocycles. The Hall–Kier alpha value is -0.545. The molecule has 2 aliphatic rings. The van der Waals surface area contributed by atoms with Crippen LogP contribution >= 0.6 is 0 Å². The van der Waals surface area contributed by atoms with Crippen LogP contribution in [-0.2, 0) is 18.8 Å². The Bertz CT molecular complexity index is 367. The van der Waals surface area contributed by atoms with Crippen LogP contribution in [0, 0.1) is 5.92 Å². The topological polar surface area (TPSA) is 44.8 Å². The molecule has 1 aliphatic carbocycles. The second kappa shape index (κ2) is 4.22.